The summed E-state index contributed by atoms with van der Waals surface area (Å²) in [5, 5.41) is 4.45. The topological polar surface area (TPSA) is 78.0 Å². The van der Waals surface area contributed by atoms with Gasteiger partial charge in [-0.3, -0.25) is 4.68 Å². The van der Waals surface area contributed by atoms with Gasteiger partial charge in [-0.15, -0.1) is 0 Å². The highest BCUT2D eigenvalue weighted by molar-refractivity contribution is 7.90. The van der Waals surface area contributed by atoms with Crippen LogP contribution in [0.4, 0.5) is 0 Å². The molecule has 0 radical (unpaired) electrons. The van der Waals surface area contributed by atoms with Gasteiger partial charge in [0.15, 0.2) is 0 Å². The first-order valence-corrected chi connectivity index (χ1v) is 8.23. The Labute approximate surface area is 109 Å². The summed E-state index contributed by atoms with van der Waals surface area (Å²) < 4.78 is 24.0. The van der Waals surface area contributed by atoms with Crippen LogP contribution in [0.5, 0.6) is 0 Å². The predicted octanol–water partition coefficient (Wildman–Crippen LogP) is 0.824. The van der Waals surface area contributed by atoms with Crippen LogP contribution in [-0.4, -0.2) is 36.2 Å². The third kappa shape index (κ3) is 4.42. The van der Waals surface area contributed by atoms with Crippen LogP contribution in [-0.2, 0) is 22.8 Å². The second kappa shape index (κ2) is 5.84. The first kappa shape index (κ1) is 15.2. The average molecular weight is 273 g/mol. The summed E-state index contributed by atoms with van der Waals surface area (Å²) in [6, 6.07) is 0.107. The molecular weight excluding hydrogens is 250 g/mol. The Morgan fingerprint density at radius 1 is 1.39 bits per heavy atom. The van der Waals surface area contributed by atoms with Crippen molar-refractivity contribution in [1.29, 1.82) is 0 Å². The van der Waals surface area contributed by atoms with E-state index in [4.69, 9.17) is 5.73 Å². The summed E-state index contributed by atoms with van der Waals surface area (Å²) in [7, 11) is -2.89. The molecule has 5 nitrogen and oxygen atoms in total. The van der Waals surface area contributed by atoms with Gasteiger partial charge in [0.25, 0.3) is 0 Å². The minimum atomic E-state index is -2.89. The van der Waals surface area contributed by atoms with E-state index in [2.05, 4.69) is 5.10 Å². The van der Waals surface area contributed by atoms with Gasteiger partial charge in [-0.2, -0.15) is 5.10 Å². The van der Waals surface area contributed by atoms with Crippen molar-refractivity contribution < 1.29 is 8.42 Å². The van der Waals surface area contributed by atoms with Gasteiger partial charge < -0.3 is 5.73 Å². The second-order valence-electron chi connectivity index (χ2n) is 5.04. The summed E-state index contributed by atoms with van der Waals surface area (Å²) in [6.45, 7) is 6.59. The maximum atomic E-state index is 11.1. The number of hydrogen-bond acceptors (Lipinski definition) is 4. The summed E-state index contributed by atoms with van der Waals surface area (Å²) in [6.07, 6.45) is 2.66. The molecule has 0 saturated heterocycles. The van der Waals surface area contributed by atoms with Crippen LogP contribution >= 0.6 is 0 Å². The maximum Gasteiger partial charge on any atom is 0.147 e. The van der Waals surface area contributed by atoms with E-state index in [9.17, 15) is 8.42 Å². The largest absolute Gasteiger partial charge is 0.328 e. The summed E-state index contributed by atoms with van der Waals surface area (Å²) in [4.78, 5) is 0. The van der Waals surface area contributed by atoms with Crippen LogP contribution in [0.1, 0.15) is 30.3 Å². The van der Waals surface area contributed by atoms with Gasteiger partial charge in [0.05, 0.1) is 11.4 Å². The van der Waals surface area contributed by atoms with Gasteiger partial charge in [0.2, 0.25) is 0 Å². The summed E-state index contributed by atoms with van der Waals surface area (Å²) in [5.74, 6) is 0.202. The van der Waals surface area contributed by atoms with Crippen LogP contribution in [0.2, 0.25) is 0 Å². The fraction of sp³-hybridized carbons (Fsp3) is 0.750. The zero-order chi connectivity index (χ0) is 13.9. The van der Waals surface area contributed by atoms with Crippen molar-refractivity contribution in [2.75, 3.05) is 12.0 Å². The fourth-order valence-electron chi connectivity index (χ4n) is 2.05. The Kier molecular flexibility index (Phi) is 4.92. The first-order valence-electron chi connectivity index (χ1n) is 6.17. The molecule has 0 aliphatic heterocycles. The van der Waals surface area contributed by atoms with Crippen LogP contribution in [0.3, 0.4) is 0 Å². The highest BCUT2D eigenvalue weighted by Crippen LogP contribution is 2.15. The molecule has 0 spiro atoms. The van der Waals surface area contributed by atoms with Crippen molar-refractivity contribution in [1.82, 2.24) is 9.78 Å². The Balaban J connectivity index is 2.73. The van der Waals surface area contributed by atoms with E-state index in [1.807, 2.05) is 25.5 Å². The van der Waals surface area contributed by atoms with E-state index in [1.54, 1.807) is 0 Å². The van der Waals surface area contributed by atoms with E-state index in [0.29, 0.717) is 13.0 Å². The van der Waals surface area contributed by atoms with Crippen LogP contribution < -0.4 is 5.73 Å². The number of nitrogens with zero attached hydrogens (tertiary/aromatic N) is 2. The van der Waals surface area contributed by atoms with E-state index in [1.165, 1.54) is 11.8 Å². The van der Waals surface area contributed by atoms with E-state index in [0.717, 1.165) is 17.8 Å². The molecule has 1 aromatic rings. The molecule has 0 bridgehead atoms. The average Bonchev–Trinajstić information content (AvgIpc) is 2.43. The maximum absolute atomic E-state index is 11.1. The number of nitrogens with two attached hydrogens (primary N) is 1. The molecule has 18 heavy (non-hydrogen) atoms. The smallest absolute Gasteiger partial charge is 0.147 e. The van der Waals surface area contributed by atoms with Crippen molar-refractivity contribution >= 4 is 9.84 Å². The van der Waals surface area contributed by atoms with Crippen molar-refractivity contribution in [3.63, 3.8) is 0 Å². The standard InChI is InChI=1S/C12H23N3O2S/c1-9(13)8-12-10(2)14-15(11(12)3)6-5-7-18(4,16)17/h9H,5-8,13H2,1-4H3. The minimum Gasteiger partial charge on any atom is -0.328 e. The Hall–Kier alpha value is -0.880. The minimum absolute atomic E-state index is 0.107. The van der Waals surface area contributed by atoms with Crippen LogP contribution in [0.25, 0.3) is 0 Å². The SMILES string of the molecule is Cc1nn(CCCS(C)(=O)=O)c(C)c1CC(C)N. The molecule has 1 heterocycles. The monoisotopic (exact) mass is 273 g/mol. The lowest BCUT2D eigenvalue weighted by atomic mass is 10.1. The number of rotatable bonds is 6. The van der Waals surface area contributed by atoms with E-state index >= 15 is 0 Å². The fourth-order valence-corrected chi connectivity index (χ4v) is 2.70. The van der Waals surface area contributed by atoms with Gasteiger partial charge in [-0.05, 0) is 39.2 Å². The second-order valence-corrected chi connectivity index (χ2v) is 7.30. The molecule has 1 aromatic heterocycles. The van der Waals surface area contributed by atoms with Crippen molar-refractivity contribution in [3.8, 4) is 0 Å². The highest BCUT2D eigenvalue weighted by Gasteiger charge is 2.13. The van der Waals surface area contributed by atoms with Crippen molar-refractivity contribution in [2.24, 2.45) is 5.73 Å². The molecule has 0 amide bonds. The van der Waals surface area contributed by atoms with Gasteiger partial charge in [-0.25, -0.2) is 8.42 Å². The van der Waals surface area contributed by atoms with Crippen molar-refractivity contribution in [3.05, 3.63) is 17.0 Å². The lowest BCUT2D eigenvalue weighted by Crippen LogP contribution is -2.18. The molecule has 6 heteroatoms. The molecule has 1 rings (SSSR count). The van der Waals surface area contributed by atoms with Gasteiger partial charge >= 0.3 is 0 Å². The molecule has 0 saturated carbocycles. The first-order chi connectivity index (χ1) is 8.20. The zero-order valence-electron chi connectivity index (χ0n) is 11.6. The Morgan fingerprint density at radius 3 is 2.50 bits per heavy atom. The zero-order valence-corrected chi connectivity index (χ0v) is 12.4. The number of aromatic nitrogens is 2. The molecule has 1 unspecified atom stereocenters. The van der Waals surface area contributed by atoms with Gasteiger partial charge in [0.1, 0.15) is 9.84 Å². The molecule has 0 aliphatic carbocycles. The highest BCUT2D eigenvalue weighted by atomic mass is 32.2. The Morgan fingerprint density at radius 2 is 2.00 bits per heavy atom. The molecule has 0 fully saturated rings. The van der Waals surface area contributed by atoms with Gasteiger partial charge in [-0.1, -0.05) is 0 Å². The van der Waals surface area contributed by atoms with Crippen LogP contribution in [0.15, 0.2) is 0 Å². The molecular formula is C12H23N3O2S. The summed E-state index contributed by atoms with van der Waals surface area (Å²) in [5.41, 5.74) is 9.08. The number of sulfone groups is 1. The number of hydrogen-bond donors (Lipinski definition) is 1. The normalized spacial score (nSPS) is 13.8. The van der Waals surface area contributed by atoms with Crippen molar-refractivity contribution in [2.45, 2.75) is 46.2 Å². The molecule has 1 atom stereocenters. The molecule has 0 aromatic carbocycles. The Bertz CT molecular complexity index is 504. The molecule has 0 aliphatic rings. The predicted molar refractivity (Wildman–Crippen MR) is 73.4 cm³/mol. The van der Waals surface area contributed by atoms with E-state index < -0.39 is 9.84 Å². The van der Waals surface area contributed by atoms with Gasteiger partial charge in [0, 0.05) is 24.5 Å². The molecule has 104 valence electrons. The van der Waals surface area contributed by atoms with E-state index in [-0.39, 0.29) is 11.8 Å². The lowest BCUT2D eigenvalue weighted by Gasteiger charge is -2.07. The number of aryl methyl sites for hydroxylation is 2. The lowest BCUT2D eigenvalue weighted by molar-refractivity contribution is 0.566. The quantitative estimate of drug-likeness (QED) is 0.832. The molecule has 2 N–H and O–H groups in total. The van der Waals surface area contributed by atoms with Crippen LogP contribution in [0, 0.1) is 13.8 Å². The third-order valence-electron chi connectivity index (χ3n) is 2.94. The third-order valence-corrected chi connectivity index (χ3v) is 3.97. The summed E-state index contributed by atoms with van der Waals surface area (Å²) >= 11 is 0.